The van der Waals surface area contributed by atoms with Crippen LogP contribution in [0.3, 0.4) is 0 Å². The molecule has 1 aliphatic heterocycles. The Morgan fingerprint density at radius 3 is 2.67 bits per heavy atom. The van der Waals surface area contributed by atoms with Crippen LogP contribution in [0.15, 0.2) is 21.5 Å². The van der Waals surface area contributed by atoms with Gasteiger partial charge >= 0.3 is 5.97 Å². The summed E-state index contributed by atoms with van der Waals surface area (Å²) in [5.41, 5.74) is 0.417. The molecule has 2 rings (SSSR count). The molecule has 116 valence electrons. The zero-order valence-electron chi connectivity index (χ0n) is 11.4. The molecule has 0 spiro atoms. The predicted molar refractivity (Wildman–Crippen MR) is 79.8 cm³/mol. The second-order valence-corrected chi connectivity index (χ2v) is 7.83. The Labute approximate surface area is 131 Å². The van der Waals surface area contributed by atoms with Gasteiger partial charge in [-0.25, -0.2) is 13.2 Å². The summed E-state index contributed by atoms with van der Waals surface area (Å²) in [4.78, 5) is 11.1. The van der Waals surface area contributed by atoms with Gasteiger partial charge in [-0.05, 0) is 37.5 Å². The van der Waals surface area contributed by atoms with Crippen LogP contribution >= 0.6 is 15.9 Å². The van der Waals surface area contributed by atoms with Crippen LogP contribution in [0.5, 0.6) is 0 Å². The zero-order valence-corrected chi connectivity index (χ0v) is 13.8. The number of sulfonamides is 1. The van der Waals surface area contributed by atoms with Gasteiger partial charge in [0.25, 0.3) is 0 Å². The van der Waals surface area contributed by atoms with Crippen LogP contribution in [0.2, 0.25) is 0 Å². The van der Waals surface area contributed by atoms with E-state index in [1.807, 2.05) is 0 Å². The molecule has 8 heteroatoms. The van der Waals surface area contributed by atoms with Crippen molar-refractivity contribution in [3.05, 3.63) is 27.7 Å². The standard InChI is InChI=1S/C13H16BrNO5S/c1-8-11(13(17)18)5-10(6-12(8)14)21(19,20)15-4-2-3-9(16)7-15/h5-6,9,16H,2-4,7H2,1H3,(H,17,18). The van der Waals surface area contributed by atoms with Crippen LogP contribution < -0.4 is 0 Å². The van der Waals surface area contributed by atoms with Crippen LogP contribution in [0.25, 0.3) is 0 Å². The highest BCUT2D eigenvalue weighted by Gasteiger charge is 2.30. The van der Waals surface area contributed by atoms with Crippen molar-refractivity contribution < 1.29 is 23.4 Å². The molecular weight excluding hydrogens is 362 g/mol. The molecule has 1 aliphatic rings. The van der Waals surface area contributed by atoms with E-state index < -0.39 is 22.1 Å². The number of benzene rings is 1. The molecule has 0 amide bonds. The van der Waals surface area contributed by atoms with Gasteiger partial charge in [-0.15, -0.1) is 0 Å². The van der Waals surface area contributed by atoms with Gasteiger partial charge in [0.2, 0.25) is 10.0 Å². The number of carboxylic acid groups (broad SMARTS) is 1. The van der Waals surface area contributed by atoms with E-state index >= 15 is 0 Å². The van der Waals surface area contributed by atoms with Gasteiger partial charge in [-0.3, -0.25) is 0 Å². The summed E-state index contributed by atoms with van der Waals surface area (Å²) in [7, 11) is -3.81. The second kappa shape index (κ2) is 6.04. The third kappa shape index (κ3) is 3.28. The molecule has 0 bridgehead atoms. The van der Waals surface area contributed by atoms with Crippen molar-refractivity contribution >= 4 is 31.9 Å². The fraction of sp³-hybridized carbons (Fsp3) is 0.462. The molecule has 1 fully saturated rings. The minimum Gasteiger partial charge on any atom is -0.478 e. The molecule has 0 radical (unpaired) electrons. The summed E-state index contributed by atoms with van der Waals surface area (Å²) in [5, 5.41) is 18.8. The smallest absolute Gasteiger partial charge is 0.336 e. The lowest BCUT2D eigenvalue weighted by Gasteiger charge is -2.29. The Morgan fingerprint density at radius 2 is 2.10 bits per heavy atom. The van der Waals surface area contributed by atoms with E-state index in [1.165, 1.54) is 16.4 Å². The van der Waals surface area contributed by atoms with E-state index in [0.717, 1.165) is 0 Å². The number of carbonyl (C=O) groups is 1. The normalized spacial score (nSPS) is 20.4. The average molecular weight is 378 g/mol. The first kappa shape index (κ1) is 16.4. The molecule has 0 aliphatic carbocycles. The monoisotopic (exact) mass is 377 g/mol. The van der Waals surface area contributed by atoms with Crippen molar-refractivity contribution in [1.82, 2.24) is 4.31 Å². The first-order valence-electron chi connectivity index (χ1n) is 6.45. The zero-order chi connectivity index (χ0) is 15.8. The van der Waals surface area contributed by atoms with Gasteiger partial charge in [0.05, 0.1) is 16.6 Å². The molecule has 1 aromatic rings. The van der Waals surface area contributed by atoms with Crippen molar-refractivity contribution in [3.8, 4) is 0 Å². The third-order valence-electron chi connectivity index (χ3n) is 3.55. The molecule has 1 unspecified atom stereocenters. The average Bonchev–Trinajstić information content (AvgIpc) is 2.41. The molecular formula is C13H16BrNO5S. The lowest BCUT2D eigenvalue weighted by atomic mass is 10.1. The summed E-state index contributed by atoms with van der Waals surface area (Å²) in [6, 6.07) is 2.57. The van der Waals surface area contributed by atoms with Gasteiger partial charge in [0, 0.05) is 17.6 Å². The van der Waals surface area contributed by atoms with E-state index in [1.54, 1.807) is 6.92 Å². The molecule has 1 aromatic carbocycles. The number of aromatic carboxylic acids is 1. The predicted octanol–water partition coefficient (Wildman–Crippen LogP) is 1.60. The maximum Gasteiger partial charge on any atom is 0.336 e. The fourth-order valence-corrected chi connectivity index (χ4v) is 4.49. The highest BCUT2D eigenvalue weighted by Crippen LogP contribution is 2.28. The quantitative estimate of drug-likeness (QED) is 0.833. The number of aliphatic hydroxyl groups is 1. The Balaban J connectivity index is 2.47. The number of β-amino-alcohol motifs (C(OH)–C–C–N with tert-alkyl or cyclic N) is 1. The lowest BCUT2D eigenvalue weighted by Crippen LogP contribution is -2.42. The van der Waals surface area contributed by atoms with Gasteiger partial charge in [-0.1, -0.05) is 15.9 Å². The van der Waals surface area contributed by atoms with Gasteiger partial charge in [-0.2, -0.15) is 4.31 Å². The Morgan fingerprint density at radius 1 is 1.43 bits per heavy atom. The van der Waals surface area contributed by atoms with Crippen molar-refractivity contribution in [2.45, 2.75) is 30.8 Å². The molecule has 2 N–H and O–H groups in total. The van der Waals surface area contributed by atoms with Gasteiger partial charge in [0.15, 0.2) is 0 Å². The summed E-state index contributed by atoms with van der Waals surface area (Å²) in [5.74, 6) is -1.18. The van der Waals surface area contributed by atoms with Gasteiger partial charge in [0.1, 0.15) is 0 Å². The van der Waals surface area contributed by atoms with Crippen LogP contribution in [-0.4, -0.2) is 48.1 Å². The van der Waals surface area contributed by atoms with Crippen LogP contribution in [0.4, 0.5) is 0 Å². The summed E-state index contributed by atoms with van der Waals surface area (Å²) in [6.07, 6.45) is 0.477. The number of halogens is 1. The second-order valence-electron chi connectivity index (χ2n) is 5.04. The molecule has 6 nitrogen and oxygen atoms in total. The molecule has 1 atom stereocenters. The minimum absolute atomic E-state index is 0.0379. The fourth-order valence-electron chi connectivity index (χ4n) is 2.31. The number of aliphatic hydroxyl groups excluding tert-OH is 1. The number of hydrogen-bond donors (Lipinski definition) is 2. The molecule has 0 aromatic heterocycles. The van der Waals surface area contributed by atoms with E-state index in [-0.39, 0.29) is 17.0 Å². The molecule has 1 saturated heterocycles. The van der Waals surface area contributed by atoms with Crippen molar-refractivity contribution in [1.29, 1.82) is 0 Å². The molecule has 0 saturated carbocycles. The Bertz CT molecular complexity index is 673. The van der Waals surface area contributed by atoms with Crippen LogP contribution in [0, 0.1) is 6.92 Å². The van der Waals surface area contributed by atoms with Gasteiger partial charge < -0.3 is 10.2 Å². The molecule has 21 heavy (non-hydrogen) atoms. The van der Waals surface area contributed by atoms with Crippen molar-refractivity contribution in [3.63, 3.8) is 0 Å². The first-order chi connectivity index (χ1) is 9.73. The Kier molecular flexibility index (Phi) is 4.72. The summed E-state index contributed by atoms with van der Waals surface area (Å²) < 4.78 is 26.8. The van der Waals surface area contributed by atoms with Crippen molar-refractivity contribution in [2.75, 3.05) is 13.1 Å². The van der Waals surface area contributed by atoms with E-state index in [2.05, 4.69) is 15.9 Å². The van der Waals surface area contributed by atoms with Crippen LogP contribution in [-0.2, 0) is 10.0 Å². The number of carboxylic acids is 1. The topological polar surface area (TPSA) is 94.9 Å². The third-order valence-corrected chi connectivity index (χ3v) is 6.21. The van der Waals surface area contributed by atoms with E-state index in [0.29, 0.717) is 29.4 Å². The van der Waals surface area contributed by atoms with Crippen molar-refractivity contribution in [2.24, 2.45) is 0 Å². The number of nitrogens with zero attached hydrogens (tertiary/aromatic N) is 1. The minimum atomic E-state index is -3.81. The van der Waals surface area contributed by atoms with E-state index in [4.69, 9.17) is 5.11 Å². The van der Waals surface area contributed by atoms with Crippen LogP contribution in [0.1, 0.15) is 28.8 Å². The largest absolute Gasteiger partial charge is 0.478 e. The SMILES string of the molecule is Cc1c(Br)cc(S(=O)(=O)N2CCCC(O)C2)cc1C(=O)O. The molecule has 1 heterocycles. The highest BCUT2D eigenvalue weighted by atomic mass is 79.9. The number of rotatable bonds is 3. The number of hydrogen-bond acceptors (Lipinski definition) is 4. The number of piperidine rings is 1. The first-order valence-corrected chi connectivity index (χ1v) is 8.68. The van der Waals surface area contributed by atoms with E-state index in [9.17, 15) is 18.3 Å². The Hall–Kier alpha value is -0.960. The maximum absolute atomic E-state index is 12.6. The summed E-state index contributed by atoms with van der Waals surface area (Å²) in [6.45, 7) is 1.97. The highest BCUT2D eigenvalue weighted by molar-refractivity contribution is 9.10. The lowest BCUT2D eigenvalue weighted by molar-refractivity contribution is 0.0695. The maximum atomic E-state index is 12.6. The summed E-state index contributed by atoms with van der Waals surface area (Å²) >= 11 is 3.20.